The summed E-state index contributed by atoms with van der Waals surface area (Å²) in [5.41, 5.74) is 4.25. The Morgan fingerprint density at radius 2 is 1.85 bits per heavy atom. The zero-order chi connectivity index (χ0) is 23.3. The number of anilines is 1. The van der Waals surface area contributed by atoms with Crippen LogP contribution in [0.25, 0.3) is 16.8 Å². The zero-order valence-electron chi connectivity index (χ0n) is 20.1. The van der Waals surface area contributed by atoms with Gasteiger partial charge in [-0.1, -0.05) is 37.6 Å². The molecular formula is C26H36N6O2. The highest BCUT2D eigenvalue weighted by Crippen LogP contribution is 2.35. The molecule has 5 rings (SSSR count). The van der Waals surface area contributed by atoms with Crippen LogP contribution in [0.4, 0.5) is 5.95 Å². The minimum absolute atomic E-state index is 0.193. The minimum Gasteiger partial charge on any atom is -0.393 e. The third-order valence-corrected chi connectivity index (χ3v) is 7.03. The quantitative estimate of drug-likeness (QED) is 0.490. The van der Waals surface area contributed by atoms with Crippen LogP contribution < -0.4 is 5.32 Å². The van der Waals surface area contributed by atoms with Gasteiger partial charge in [-0.3, -0.25) is 4.90 Å². The molecule has 0 radical (unpaired) electrons. The summed E-state index contributed by atoms with van der Waals surface area (Å²) in [4.78, 5) is 12.1. The van der Waals surface area contributed by atoms with Gasteiger partial charge >= 0.3 is 0 Å². The number of aromatic nitrogens is 4. The Kier molecular flexibility index (Phi) is 7.37. The molecule has 2 aromatic heterocycles. The molecule has 8 heteroatoms. The zero-order valence-corrected chi connectivity index (χ0v) is 20.1. The maximum absolute atomic E-state index is 10.0. The van der Waals surface area contributed by atoms with Gasteiger partial charge in [0.25, 0.3) is 0 Å². The van der Waals surface area contributed by atoms with Crippen molar-refractivity contribution in [1.29, 1.82) is 0 Å². The summed E-state index contributed by atoms with van der Waals surface area (Å²) in [6.45, 7) is 7.58. The van der Waals surface area contributed by atoms with Crippen molar-refractivity contribution in [2.45, 2.75) is 64.0 Å². The molecule has 182 valence electrons. The molecule has 1 saturated heterocycles. The molecule has 0 spiro atoms. The maximum Gasteiger partial charge on any atom is 0.241 e. The van der Waals surface area contributed by atoms with E-state index >= 15 is 0 Å². The Morgan fingerprint density at radius 3 is 2.59 bits per heavy atom. The molecule has 1 saturated carbocycles. The number of fused-ring (bicyclic) bond motifs is 1. The van der Waals surface area contributed by atoms with Crippen molar-refractivity contribution in [1.82, 2.24) is 24.5 Å². The summed E-state index contributed by atoms with van der Waals surface area (Å²) < 4.78 is 7.45. The van der Waals surface area contributed by atoms with Crippen molar-refractivity contribution in [3.05, 3.63) is 41.9 Å². The third-order valence-electron chi connectivity index (χ3n) is 7.03. The SMILES string of the molecule is CCCCNc1ncc2c(-c3ccc(CN4CCOCC4)cc3)nc(C3CCC(O)CC3)n2n1. The standard InChI is InChI=1S/C26H36N6O2/c1-2-3-12-27-26-28-17-23-24(29-25(32(23)30-26)21-8-10-22(33)11-9-21)20-6-4-19(5-7-20)18-31-13-15-34-16-14-31/h4-7,17,21-22,33H,2-3,8-16,18H2,1H3,(H,27,30). The monoisotopic (exact) mass is 464 g/mol. The number of rotatable bonds is 8. The second-order valence-corrected chi connectivity index (χ2v) is 9.57. The number of ether oxygens (including phenoxy) is 1. The van der Waals surface area contributed by atoms with Crippen molar-refractivity contribution < 1.29 is 9.84 Å². The third kappa shape index (κ3) is 5.24. The molecule has 0 atom stereocenters. The fraction of sp³-hybridized carbons (Fsp3) is 0.577. The highest BCUT2D eigenvalue weighted by molar-refractivity contribution is 5.77. The molecular weight excluding hydrogens is 428 g/mol. The van der Waals surface area contributed by atoms with Crippen molar-refractivity contribution in [3.63, 3.8) is 0 Å². The lowest BCUT2D eigenvalue weighted by Crippen LogP contribution is -2.35. The summed E-state index contributed by atoms with van der Waals surface area (Å²) in [7, 11) is 0. The smallest absolute Gasteiger partial charge is 0.241 e. The molecule has 0 amide bonds. The minimum atomic E-state index is -0.193. The normalized spacial score (nSPS) is 21.7. The average molecular weight is 465 g/mol. The molecule has 3 aromatic rings. The molecule has 0 unspecified atom stereocenters. The van der Waals surface area contributed by atoms with Gasteiger partial charge in [0.1, 0.15) is 11.3 Å². The van der Waals surface area contributed by atoms with Crippen LogP contribution in [0, 0.1) is 0 Å². The van der Waals surface area contributed by atoms with Gasteiger partial charge in [0, 0.05) is 37.7 Å². The van der Waals surface area contributed by atoms with Crippen LogP contribution in [0.3, 0.4) is 0 Å². The van der Waals surface area contributed by atoms with E-state index in [0.717, 1.165) is 101 Å². The van der Waals surface area contributed by atoms with Crippen LogP contribution in [0.15, 0.2) is 30.5 Å². The van der Waals surface area contributed by atoms with Gasteiger partial charge in [-0.25, -0.2) is 14.5 Å². The lowest BCUT2D eigenvalue weighted by molar-refractivity contribution is 0.0342. The van der Waals surface area contributed by atoms with Crippen LogP contribution in [0.5, 0.6) is 0 Å². The average Bonchev–Trinajstić information content (AvgIpc) is 3.25. The van der Waals surface area contributed by atoms with E-state index in [1.807, 2.05) is 10.7 Å². The number of benzene rings is 1. The predicted octanol–water partition coefficient (Wildman–Crippen LogP) is 3.85. The van der Waals surface area contributed by atoms with E-state index < -0.39 is 0 Å². The summed E-state index contributed by atoms with van der Waals surface area (Å²) in [5.74, 6) is 1.92. The second kappa shape index (κ2) is 10.8. The van der Waals surface area contributed by atoms with E-state index in [9.17, 15) is 5.11 Å². The Hall–Kier alpha value is -2.55. The first-order valence-corrected chi connectivity index (χ1v) is 12.8. The van der Waals surface area contributed by atoms with Gasteiger partial charge in [-0.05, 0) is 37.7 Å². The summed E-state index contributed by atoms with van der Waals surface area (Å²) in [6.07, 6.45) is 7.41. The first-order valence-electron chi connectivity index (χ1n) is 12.8. The maximum atomic E-state index is 10.0. The van der Waals surface area contributed by atoms with Crippen LogP contribution in [0.1, 0.15) is 62.8 Å². The van der Waals surface area contributed by atoms with Crippen molar-refractivity contribution >= 4 is 11.5 Å². The Balaban J connectivity index is 1.43. The molecule has 8 nitrogen and oxygen atoms in total. The van der Waals surface area contributed by atoms with Gasteiger partial charge < -0.3 is 15.2 Å². The van der Waals surface area contributed by atoms with Gasteiger partial charge in [0.2, 0.25) is 5.95 Å². The van der Waals surface area contributed by atoms with E-state index in [1.54, 1.807) is 0 Å². The highest BCUT2D eigenvalue weighted by Gasteiger charge is 2.27. The fourth-order valence-corrected chi connectivity index (χ4v) is 4.96. The van der Waals surface area contributed by atoms with Crippen molar-refractivity contribution in [2.24, 2.45) is 0 Å². The first-order chi connectivity index (χ1) is 16.7. The number of aliphatic hydroxyl groups is 1. The summed E-state index contributed by atoms with van der Waals surface area (Å²) in [6, 6.07) is 8.74. The van der Waals surface area contributed by atoms with Crippen LogP contribution in [-0.4, -0.2) is 68.5 Å². The Bertz CT molecular complexity index is 1070. The number of imidazole rings is 1. The van der Waals surface area contributed by atoms with Crippen LogP contribution in [0.2, 0.25) is 0 Å². The molecule has 34 heavy (non-hydrogen) atoms. The van der Waals surface area contributed by atoms with Gasteiger partial charge in [-0.15, -0.1) is 5.10 Å². The number of hydrogen-bond donors (Lipinski definition) is 2. The second-order valence-electron chi connectivity index (χ2n) is 9.57. The highest BCUT2D eigenvalue weighted by atomic mass is 16.5. The van der Waals surface area contributed by atoms with Gasteiger partial charge in [-0.2, -0.15) is 0 Å². The number of unbranched alkanes of at least 4 members (excludes halogenated alkanes) is 1. The molecule has 1 aromatic carbocycles. The number of nitrogens with zero attached hydrogens (tertiary/aromatic N) is 5. The topological polar surface area (TPSA) is 87.8 Å². The van der Waals surface area contributed by atoms with Crippen LogP contribution in [-0.2, 0) is 11.3 Å². The molecule has 1 aliphatic heterocycles. The molecule has 2 fully saturated rings. The number of aliphatic hydroxyl groups excluding tert-OH is 1. The van der Waals surface area contributed by atoms with Crippen molar-refractivity contribution in [2.75, 3.05) is 38.2 Å². The Morgan fingerprint density at radius 1 is 1.09 bits per heavy atom. The van der Waals surface area contributed by atoms with E-state index in [1.165, 1.54) is 5.56 Å². The van der Waals surface area contributed by atoms with Crippen LogP contribution >= 0.6 is 0 Å². The van der Waals surface area contributed by atoms with Crippen molar-refractivity contribution in [3.8, 4) is 11.3 Å². The summed E-state index contributed by atoms with van der Waals surface area (Å²) in [5, 5.41) is 18.2. The molecule has 0 bridgehead atoms. The molecule has 1 aliphatic carbocycles. The van der Waals surface area contributed by atoms with E-state index in [2.05, 4.69) is 46.4 Å². The van der Waals surface area contributed by atoms with E-state index in [0.29, 0.717) is 11.9 Å². The first kappa shape index (κ1) is 23.2. The lowest BCUT2D eigenvalue weighted by Gasteiger charge is -2.26. The number of hydrogen-bond acceptors (Lipinski definition) is 7. The molecule has 3 heterocycles. The number of morpholine rings is 1. The molecule has 2 N–H and O–H groups in total. The predicted molar refractivity (Wildman–Crippen MR) is 133 cm³/mol. The fourth-order valence-electron chi connectivity index (χ4n) is 4.96. The lowest BCUT2D eigenvalue weighted by atomic mass is 9.87. The van der Waals surface area contributed by atoms with Gasteiger partial charge in [0.15, 0.2) is 0 Å². The largest absolute Gasteiger partial charge is 0.393 e. The van der Waals surface area contributed by atoms with Gasteiger partial charge in [0.05, 0.1) is 31.2 Å². The Labute approximate surface area is 201 Å². The number of nitrogens with one attached hydrogen (secondary N) is 1. The summed E-state index contributed by atoms with van der Waals surface area (Å²) >= 11 is 0. The van der Waals surface area contributed by atoms with E-state index in [4.69, 9.17) is 14.8 Å². The molecule has 2 aliphatic rings. The van der Waals surface area contributed by atoms with E-state index in [-0.39, 0.29) is 6.10 Å².